The smallest absolute Gasteiger partial charge is 0.267 e. The minimum absolute atomic E-state index is 0.0771. The Hall–Kier alpha value is -2.66. The molecule has 0 bridgehead atoms. The van der Waals surface area contributed by atoms with E-state index in [-0.39, 0.29) is 11.4 Å². The van der Waals surface area contributed by atoms with Crippen LogP contribution in [0.5, 0.6) is 0 Å². The van der Waals surface area contributed by atoms with E-state index in [9.17, 15) is 4.79 Å². The first kappa shape index (κ1) is 16.8. The van der Waals surface area contributed by atoms with Crippen LogP contribution in [0.25, 0.3) is 10.9 Å². The van der Waals surface area contributed by atoms with Gasteiger partial charge in [-0.25, -0.2) is 0 Å². The summed E-state index contributed by atoms with van der Waals surface area (Å²) in [6.45, 7) is 6.92. The number of nitrogens with one attached hydrogen (secondary N) is 2. The number of aromatic amines is 1. The summed E-state index contributed by atoms with van der Waals surface area (Å²) in [6, 6.07) is 12.3. The number of H-pyrrole nitrogens is 1. The summed E-state index contributed by atoms with van der Waals surface area (Å²) < 4.78 is 0. The number of nitrogens with zero attached hydrogens (tertiary/aromatic N) is 2. The van der Waals surface area contributed by atoms with Crippen LogP contribution in [-0.2, 0) is 13.0 Å². The second-order valence-corrected chi connectivity index (χ2v) is 7.58. The quantitative estimate of drug-likeness (QED) is 0.761. The number of amides is 1. The molecule has 1 amide bonds. The molecule has 0 spiro atoms. The van der Waals surface area contributed by atoms with Crippen LogP contribution in [0.2, 0.25) is 0 Å². The number of rotatable bonds is 4. The van der Waals surface area contributed by atoms with Gasteiger partial charge in [-0.1, -0.05) is 24.3 Å². The van der Waals surface area contributed by atoms with Crippen molar-refractivity contribution >= 4 is 16.8 Å². The number of fused-ring (bicyclic) bond motifs is 2. The molecule has 0 aliphatic carbocycles. The minimum Gasteiger partial charge on any atom is -0.350 e. The summed E-state index contributed by atoms with van der Waals surface area (Å²) in [5, 5.41) is 4.04. The maximum absolute atomic E-state index is 12.6. The van der Waals surface area contributed by atoms with E-state index in [4.69, 9.17) is 0 Å². The third-order valence-electron chi connectivity index (χ3n) is 5.33. The molecule has 0 radical (unpaired) electrons. The van der Waals surface area contributed by atoms with Gasteiger partial charge in [-0.05, 0) is 43.5 Å². The summed E-state index contributed by atoms with van der Waals surface area (Å²) in [6.07, 6.45) is 4.54. The molecule has 1 aliphatic heterocycles. The minimum atomic E-state index is -0.114. The molecule has 0 saturated heterocycles. The lowest BCUT2D eigenvalue weighted by molar-refractivity contribution is 0.0823. The topological polar surface area (TPSA) is 61.0 Å². The predicted molar refractivity (Wildman–Crippen MR) is 103 cm³/mol. The predicted octanol–water partition coefficient (Wildman–Crippen LogP) is 3.13. The van der Waals surface area contributed by atoms with E-state index in [1.165, 1.54) is 11.1 Å². The Morgan fingerprint density at radius 2 is 2.08 bits per heavy atom. The van der Waals surface area contributed by atoms with E-state index in [1.54, 1.807) is 12.4 Å². The average molecular weight is 348 g/mol. The fourth-order valence-corrected chi connectivity index (χ4v) is 3.61. The molecule has 2 aromatic heterocycles. The highest BCUT2D eigenvalue weighted by Crippen LogP contribution is 2.25. The van der Waals surface area contributed by atoms with Gasteiger partial charge in [0.25, 0.3) is 5.91 Å². The normalized spacial score (nSPS) is 15.0. The molecule has 0 unspecified atom stereocenters. The van der Waals surface area contributed by atoms with Gasteiger partial charge in [-0.2, -0.15) is 0 Å². The molecule has 5 nitrogen and oxygen atoms in total. The average Bonchev–Trinajstić information content (AvgIpc) is 3.10. The summed E-state index contributed by atoms with van der Waals surface area (Å²) in [5.74, 6) is -0.0771. The molecular weight excluding hydrogens is 324 g/mol. The standard InChI is InChI=1S/C21H24N4O/c1-21(2,25-10-8-15-5-3-4-6-16(15)13-25)14-23-20(26)19-11-17-12-22-9-7-18(17)24-19/h3-7,9,11-12,24H,8,10,13-14H2,1-2H3,(H,23,26). The van der Waals surface area contributed by atoms with Crippen molar-refractivity contribution in [3.05, 3.63) is 65.6 Å². The fourth-order valence-electron chi connectivity index (χ4n) is 3.61. The molecule has 2 N–H and O–H groups in total. The molecule has 4 rings (SSSR count). The first-order valence-corrected chi connectivity index (χ1v) is 9.06. The SMILES string of the molecule is CC(C)(CNC(=O)c1cc2cnccc2[nH]1)N1CCc2ccccc2C1. The number of carbonyl (C=O) groups excluding carboxylic acids is 1. The van der Waals surface area contributed by atoms with Gasteiger partial charge in [0.05, 0.1) is 0 Å². The van der Waals surface area contributed by atoms with E-state index < -0.39 is 0 Å². The number of aromatic nitrogens is 2. The van der Waals surface area contributed by atoms with Crippen LogP contribution in [0.3, 0.4) is 0 Å². The van der Waals surface area contributed by atoms with Crippen LogP contribution in [0.15, 0.2) is 48.8 Å². The van der Waals surface area contributed by atoms with Crippen molar-refractivity contribution in [2.24, 2.45) is 0 Å². The molecule has 1 aliphatic rings. The highest BCUT2D eigenvalue weighted by Gasteiger charge is 2.30. The Balaban J connectivity index is 1.42. The first-order valence-electron chi connectivity index (χ1n) is 9.06. The maximum Gasteiger partial charge on any atom is 0.267 e. The van der Waals surface area contributed by atoms with E-state index in [2.05, 4.69) is 58.3 Å². The Morgan fingerprint density at radius 3 is 2.88 bits per heavy atom. The van der Waals surface area contributed by atoms with Crippen molar-refractivity contribution in [3.63, 3.8) is 0 Å². The van der Waals surface area contributed by atoms with Gasteiger partial charge in [0.15, 0.2) is 0 Å². The van der Waals surface area contributed by atoms with Gasteiger partial charge in [-0.3, -0.25) is 14.7 Å². The van der Waals surface area contributed by atoms with Gasteiger partial charge in [-0.15, -0.1) is 0 Å². The lowest BCUT2D eigenvalue weighted by atomic mass is 9.94. The lowest BCUT2D eigenvalue weighted by Gasteiger charge is -2.41. The number of hydrogen-bond donors (Lipinski definition) is 2. The molecule has 0 fully saturated rings. The second-order valence-electron chi connectivity index (χ2n) is 7.58. The Bertz CT molecular complexity index is 911. The van der Waals surface area contributed by atoms with Gasteiger partial charge in [0, 0.05) is 48.5 Å². The number of hydrogen-bond acceptors (Lipinski definition) is 3. The molecule has 0 atom stereocenters. The Kier molecular flexibility index (Phi) is 4.24. The Labute approximate surface area is 153 Å². The van der Waals surface area contributed by atoms with Crippen LogP contribution in [0.4, 0.5) is 0 Å². The van der Waals surface area contributed by atoms with Crippen LogP contribution in [-0.4, -0.2) is 39.4 Å². The van der Waals surface area contributed by atoms with Crippen LogP contribution >= 0.6 is 0 Å². The lowest BCUT2D eigenvalue weighted by Crippen LogP contribution is -2.53. The number of carbonyl (C=O) groups is 1. The molecule has 1 aromatic carbocycles. The molecule has 3 heterocycles. The number of benzene rings is 1. The highest BCUT2D eigenvalue weighted by molar-refractivity contribution is 5.97. The summed E-state index contributed by atoms with van der Waals surface area (Å²) in [4.78, 5) is 22.3. The van der Waals surface area contributed by atoms with E-state index in [1.807, 2.05) is 12.1 Å². The zero-order valence-corrected chi connectivity index (χ0v) is 15.2. The summed E-state index contributed by atoms with van der Waals surface area (Å²) in [7, 11) is 0. The van der Waals surface area contributed by atoms with E-state index >= 15 is 0 Å². The molecule has 0 saturated carbocycles. The van der Waals surface area contributed by atoms with Crippen LogP contribution in [0, 0.1) is 0 Å². The summed E-state index contributed by atoms with van der Waals surface area (Å²) in [5.41, 5.74) is 4.22. The summed E-state index contributed by atoms with van der Waals surface area (Å²) >= 11 is 0. The van der Waals surface area contributed by atoms with Gasteiger partial charge < -0.3 is 10.3 Å². The van der Waals surface area contributed by atoms with Crippen LogP contribution in [0.1, 0.15) is 35.5 Å². The van der Waals surface area contributed by atoms with Crippen LogP contribution < -0.4 is 5.32 Å². The van der Waals surface area contributed by atoms with E-state index in [0.29, 0.717) is 12.2 Å². The second kappa shape index (κ2) is 6.57. The monoisotopic (exact) mass is 348 g/mol. The largest absolute Gasteiger partial charge is 0.350 e. The Morgan fingerprint density at radius 1 is 1.27 bits per heavy atom. The van der Waals surface area contributed by atoms with Crippen molar-refractivity contribution in [2.75, 3.05) is 13.1 Å². The molecule has 26 heavy (non-hydrogen) atoms. The zero-order valence-electron chi connectivity index (χ0n) is 15.2. The first-order chi connectivity index (χ1) is 12.5. The van der Waals surface area contributed by atoms with E-state index in [0.717, 1.165) is 30.4 Å². The zero-order chi connectivity index (χ0) is 18.1. The maximum atomic E-state index is 12.6. The third-order valence-corrected chi connectivity index (χ3v) is 5.33. The fraction of sp³-hybridized carbons (Fsp3) is 0.333. The van der Waals surface area contributed by atoms with Gasteiger partial charge >= 0.3 is 0 Å². The molecular formula is C21H24N4O. The van der Waals surface area contributed by atoms with Crippen molar-refractivity contribution in [3.8, 4) is 0 Å². The number of pyridine rings is 1. The highest BCUT2D eigenvalue weighted by atomic mass is 16.1. The van der Waals surface area contributed by atoms with Crippen molar-refractivity contribution in [1.82, 2.24) is 20.2 Å². The van der Waals surface area contributed by atoms with Crippen molar-refractivity contribution in [1.29, 1.82) is 0 Å². The third kappa shape index (κ3) is 3.22. The van der Waals surface area contributed by atoms with Crippen molar-refractivity contribution < 1.29 is 4.79 Å². The van der Waals surface area contributed by atoms with Crippen molar-refractivity contribution in [2.45, 2.75) is 32.4 Å². The van der Waals surface area contributed by atoms with Gasteiger partial charge in [0.1, 0.15) is 5.69 Å². The van der Waals surface area contributed by atoms with Gasteiger partial charge in [0.2, 0.25) is 0 Å². The molecule has 134 valence electrons. The molecule has 3 aromatic rings. The molecule has 5 heteroatoms.